The molecule has 1 aliphatic rings. The highest BCUT2D eigenvalue weighted by Gasteiger charge is 2.20. The maximum atomic E-state index is 5.48. The Morgan fingerprint density at radius 1 is 1.43 bits per heavy atom. The zero-order chi connectivity index (χ0) is 16.1. The SMILES string of the molecule is COCc1nc(NCCc2cccn2C)cc([C@@H]2CCOC2)n1. The predicted octanol–water partition coefficient (Wildman–Crippen LogP) is 2.12. The number of methoxy groups -OCH3 is 1. The van der Waals surface area contributed by atoms with Gasteiger partial charge in [-0.05, 0) is 18.6 Å². The lowest BCUT2D eigenvalue weighted by Gasteiger charge is -2.13. The van der Waals surface area contributed by atoms with E-state index >= 15 is 0 Å². The predicted molar refractivity (Wildman–Crippen MR) is 88.5 cm³/mol. The molecule has 6 heteroatoms. The molecule has 0 bridgehead atoms. The topological polar surface area (TPSA) is 61.2 Å². The first-order valence-electron chi connectivity index (χ1n) is 8.05. The number of nitrogens with one attached hydrogen (secondary N) is 1. The van der Waals surface area contributed by atoms with Crippen LogP contribution >= 0.6 is 0 Å². The standard InChI is InChI=1S/C17H24N4O2/c1-21-8-3-4-14(21)5-7-18-16-10-15(13-6-9-23-11-13)19-17(20-16)12-22-2/h3-4,8,10,13H,5-7,9,11-12H2,1-2H3,(H,18,19,20)/t13-/m1/s1. The van der Waals surface area contributed by atoms with Crippen LogP contribution < -0.4 is 5.32 Å². The number of anilines is 1. The molecule has 1 N–H and O–H groups in total. The Balaban J connectivity index is 1.68. The molecule has 124 valence electrons. The molecule has 0 aromatic carbocycles. The van der Waals surface area contributed by atoms with Crippen LogP contribution in [0.5, 0.6) is 0 Å². The average Bonchev–Trinajstić information content (AvgIpc) is 3.20. The third-order valence-corrected chi connectivity index (χ3v) is 4.15. The number of rotatable bonds is 7. The van der Waals surface area contributed by atoms with Gasteiger partial charge in [0.2, 0.25) is 0 Å². The van der Waals surface area contributed by atoms with Gasteiger partial charge in [-0.25, -0.2) is 9.97 Å². The van der Waals surface area contributed by atoms with Crippen LogP contribution in [0.2, 0.25) is 0 Å². The normalized spacial score (nSPS) is 17.6. The van der Waals surface area contributed by atoms with Crippen molar-refractivity contribution in [1.82, 2.24) is 14.5 Å². The highest BCUT2D eigenvalue weighted by atomic mass is 16.5. The van der Waals surface area contributed by atoms with Crippen molar-refractivity contribution in [2.24, 2.45) is 7.05 Å². The van der Waals surface area contributed by atoms with E-state index in [1.54, 1.807) is 7.11 Å². The molecule has 2 aromatic rings. The van der Waals surface area contributed by atoms with Gasteiger partial charge in [0.05, 0.1) is 12.3 Å². The first-order valence-corrected chi connectivity index (χ1v) is 8.05. The summed E-state index contributed by atoms with van der Waals surface area (Å²) in [5.41, 5.74) is 2.35. The van der Waals surface area contributed by atoms with Gasteiger partial charge in [0, 0.05) is 57.6 Å². The van der Waals surface area contributed by atoms with Crippen molar-refractivity contribution in [2.45, 2.75) is 25.4 Å². The second-order valence-electron chi connectivity index (χ2n) is 5.88. The van der Waals surface area contributed by atoms with Crippen molar-refractivity contribution in [3.8, 4) is 0 Å². The fraction of sp³-hybridized carbons (Fsp3) is 0.529. The molecule has 0 radical (unpaired) electrons. The van der Waals surface area contributed by atoms with Gasteiger partial charge in [0.25, 0.3) is 0 Å². The third-order valence-electron chi connectivity index (χ3n) is 4.15. The van der Waals surface area contributed by atoms with Gasteiger partial charge < -0.3 is 19.4 Å². The molecule has 0 amide bonds. The Morgan fingerprint density at radius 2 is 2.35 bits per heavy atom. The summed E-state index contributed by atoms with van der Waals surface area (Å²) in [4.78, 5) is 9.16. The zero-order valence-corrected chi connectivity index (χ0v) is 13.8. The minimum absolute atomic E-state index is 0.363. The summed E-state index contributed by atoms with van der Waals surface area (Å²) >= 11 is 0. The van der Waals surface area contributed by atoms with Crippen LogP contribution in [0.25, 0.3) is 0 Å². The maximum Gasteiger partial charge on any atom is 0.156 e. The van der Waals surface area contributed by atoms with Gasteiger partial charge in [-0.1, -0.05) is 0 Å². The summed E-state index contributed by atoms with van der Waals surface area (Å²) in [6.07, 6.45) is 4.04. The van der Waals surface area contributed by atoms with E-state index in [-0.39, 0.29) is 0 Å². The summed E-state index contributed by atoms with van der Waals surface area (Å²) in [5, 5.41) is 3.41. The monoisotopic (exact) mass is 316 g/mol. The van der Waals surface area contributed by atoms with Gasteiger partial charge in [-0.15, -0.1) is 0 Å². The first kappa shape index (κ1) is 16.0. The van der Waals surface area contributed by atoms with Crippen LogP contribution in [-0.4, -0.2) is 41.4 Å². The second-order valence-corrected chi connectivity index (χ2v) is 5.88. The highest BCUT2D eigenvalue weighted by Crippen LogP contribution is 2.25. The molecule has 3 heterocycles. The van der Waals surface area contributed by atoms with Crippen molar-refractivity contribution in [3.05, 3.63) is 41.6 Å². The van der Waals surface area contributed by atoms with Crippen molar-refractivity contribution < 1.29 is 9.47 Å². The average molecular weight is 316 g/mol. The number of ether oxygens (including phenoxy) is 2. The molecule has 23 heavy (non-hydrogen) atoms. The van der Waals surface area contributed by atoms with E-state index in [1.165, 1.54) is 5.69 Å². The number of hydrogen-bond donors (Lipinski definition) is 1. The van der Waals surface area contributed by atoms with Crippen LogP contribution in [0, 0.1) is 0 Å². The molecule has 1 atom stereocenters. The molecule has 1 aliphatic heterocycles. The van der Waals surface area contributed by atoms with E-state index in [1.807, 2.05) is 6.07 Å². The Hall–Kier alpha value is -1.92. The summed E-state index contributed by atoms with van der Waals surface area (Å²) in [5.74, 6) is 1.95. The van der Waals surface area contributed by atoms with Crippen molar-refractivity contribution in [2.75, 3.05) is 32.2 Å². The van der Waals surface area contributed by atoms with Crippen molar-refractivity contribution >= 4 is 5.82 Å². The van der Waals surface area contributed by atoms with Gasteiger partial charge in [0.1, 0.15) is 12.4 Å². The minimum Gasteiger partial charge on any atom is -0.381 e. The molecule has 0 spiro atoms. The zero-order valence-electron chi connectivity index (χ0n) is 13.8. The van der Waals surface area contributed by atoms with E-state index in [9.17, 15) is 0 Å². The quantitative estimate of drug-likeness (QED) is 0.848. The summed E-state index contributed by atoms with van der Waals surface area (Å²) < 4.78 is 12.8. The molecule has 0 unspecified atom stereocenters. The van der Waals surface area contributed by atoms with Gasteiger partial charge >= 0.3 is 0 Å². The smallest absolute Gasteiger partial charge is 0.156 e. The summed E-state index contributed by atoms with van der Waals surface area (Å²) in [7, 11) is 3.73. The molecule has 1 saturated heterocycles. The Labute approximate surface area is 136 Å². The molecular formula is C17H24N4O2. The lowest BCUT2D eigenvalue weighted by Crippen LogP contribution is -2.12. The van der Waals surface area contributed by atoms with E-state index in [4.69, 9.17) is 9.47 Å². The van der Waals surface area contributed by atoms with Gasteiger partial charge in [0.15, 0.2) is 5.82 Å². The van der Waals surface area contributed by atoms with Crippen molar-refractivity contribution in [3.63, 3.8) is 0 Å². The maximum absolute atomic E-state index is 5.48. The Bertz CT molecular complexity index is 635. The molecule has 0 aliphatic carbocycles. The van der Waals surface area contributed by atoms with Gasteiger partial charge in [-0.2, -0.15) is 0 Å². The minimum atomic E-state index is 0.363. The number of aryl methyl sites for hydroxylation is 1. The van der Waals surface area contributed by atoms with Crippen LogP contribution in [0.1, 0.15) is 29.6 Å². The van der Waals surface area contributed by atoms with Crippen molar-refractivity contribution in [1.29, 1.82) is 0 Å². The molecule has 1 fully saturated rings. The first-order chi connectivity index (χ1) is 11.3. The summed E-state index contributed by atoms with van der Waals surface area (Å²) in [6.45, 7) is 2.81. The third kappa shape index (κ3) is 4.09. The second kappa shape index (κ2) is 7.57. The lowest BCUT2D eigenvalue weighted by molar-refractivity contribution is 0.177. The Morgan fingerprint density at radius 3 is 3.04 bits per heavy atom. The fourth-order valence-corrected chi connectivity index (χ4v) is 2.85. The van der Waals surface area contributed by atoms with Crippen LogP contribution in [0.4, 0.5) is 5.82 Å². The number of aromatic nitrogens is 3. The molecule has 0 saturated carbocycles. The van der Waals surface area contributed by atoms with E-state index in [0.717, 1.165) is 49.9 Å². The molecular weight excluding hydrogens is 292 g/mol. The highest BCUT2D eigenvalue weighted by molar-refractivity contribution is 5.37. The van der Waals surface area contributed by atoms with E-state index < -0.39 is 0 Å². The van der Waals surface area contributed by atoms with E-state index in [2.05, 4.69) is 45.2 Å². The fourth-order valence-electron chi connectivity index (χ4n) is 2.85. The van der Waals surface area contributed by atoms with Crippen LogP contribution in [0.15, 0.2) is 24.4 Å². The number of nitrogens with zero attached hydrogens (tertiary/aromatic N) is 3. The molecule has 6 nitrogen and oxygen atoms in total. The van der Waals surface area contributed by atoms with Crippen LogP contribution in [-0.2, 0) is 29.5 Å². The van der Waals surface area contributed by atoms with Crippen LogP contribution in [0.3, 0.4) is 0 Å². The summed E-state index contributed by atoms with van der Waals surface area (Å²) in [6, 6.07) is 6.25. The molecule has 3 rings (SSSR count). The Kier molecular flexibility index (Phi) is 5.25. The van der Waals surface area contributed by atoms with E-state index in [0.29, 0.717) is 12.5 Å². The van der Waals surface area contributed by atoms with Gasteiger partial charge in [-0.3, -0.25) is 0 Å². The molecule has 2 aromatic heterocycles. The largest absolute Gasteiger partial charge is 0.381 e. The number of hydrogen-bond acceptors (Lipinski definition) is 5. The lowest BCUT2D eigenvalue weighted by atomic mass is 10.0.